The Hall–Kier alpha value is -1.81. The highest BCUT2D eigenvalue weighted by Gasteiger charge is 2.14. The summed E-state index contributed by atoms with van der Waals surface area (Å²) in [6.07, 6.45) is 5.27. The van der Waals surface area contributed by atoms with Crippen molar-refractivity contribution in [2.24, 2.45) is 5.92 Å². The number of piperidine rings is 1. The lowest BCUT2D eigenvalue weighted by atomic mass is 9.99. The second-order valence-corrected chi connectivity index (χ2v) is 5.61. The molecule has 21 heavy (non-hydrogen) atoms. The van der Waals surface area contributed by atoms with Crippen molar-refractivity contribution in [2.45, 2.75) is 19.8 Å². The number of nitrogens with zero attached hydrogens (tertiary/aromatic N) is 1. The highest BCUT2D eigenvalue weighted by Crippen LogP contribution is 2.16. The van der Waals surface area contributed by atoms with Crippen LogP contribution in [0.5, 0.6) is 5.75 Å². The molecule has 4 nitrogen and oxygen atoms in total. The molecule has 1 aromatic carbocycles. The van der Waals surface area contributed by atoms with Gasteiger partial charge in [-0.05, 0) is 55.6 Å². The number of benzene rings is 1. The van der Waals surface area contributed by atoms with Gasteiger partial charge in [0, 0.05) is 12.6 Å². The van der Waals surface area contributed by atoms with Crippen LogP contribution in [0.2, 0.25) is 0 Å². The van der Waals surface area contributed by atoms with Gasteiger partial charge in [0.1, 0.15) is 12.4 Å². The Morgan fingerprint density at radius 1 is 1.33 bits per heavy atom. The molecule has 0 atom stereocenters. The van der Waals surface area contributed by atoms with Crippen LogP contribution in [0, 0.1) is 5.92 Å². The second kappa shape index (κ2) is 7.84. The molecule has 1 heterocycles. The summed E-state index contributed by atoms with van der Waals surface area (Å²) < 4.78 is 5.73. The van der Waals surface area contributed by atoms with Crippen LogP contribution in [-0.4, -0.2) is 42.2 Å². The van der Waals surface area contributed by atoms with Gasteiger partial charge in [0.05, 0.1) is 0 Å². The predicted molar refractivity (Wildman–Crippen MR) is 83.4 cm³/mol. The molecule has 4 heteroatoms. The monoisotopic (exact) mass is 289 g/mol. The molecule has 0 spiro atoms. The van der Waals surface area contributed by atoms with E-state index < -0.39 is 5.97 Å². The van der Waals surface area contributed by atoms with Gasteiger partial charge < -0.3 is 9.84 Å². The third kappa shape index (κ3) is 5.60. The fraction of sp³-hybridized carbons (Fsp3) is 0.471. The Labute approximate surface area is 126 Å². The van der Waals surface area contributed by atoms with Crippen molar-refractivity contribution in [3.05, 3.63) is 35.9 Å². The Bertz CT molecular complexity index is 473. The van der Waals surface area contributed by atoms with Crippen molar-refractivity contribution < 1.29 is 14.6 Å². The number of aliphatic carboxylic acids is 1. The number of hydrogen-bond donors (Lipinski definition) is 1. The van der Waals surface area contributed by atoms with Gasteiger partial charge in [-0.25, -0.2) is 4.79 Å². The molecule has 114 valence electrons. The molecule has 1 N–H and O–H groups in total. The molecule has 0 saturated carbocycles. The molecule has 0 aromatic heterocycles. The fourth-order valence-electron chi connectivity index (χ4n) is 2.42. The van der Waals surface area contributed by atoms with Crippen molar-refractivity contribution in [3.63, 3.8) is 0 Å². The van der Waals surface area contributed by atoms with Crippen LogP contribution >= 0.6 is 0 Å². The first-order valence-corrected chi connectivity index (χ1v) is 7.50. The van der Waals surface area contributed by atoms with E-state index in [4.69, 9.17) is 9.84 Å². The van der Waals surface area contributed by atoms with Gasteiger partial charge in [-0.1, -0.05) is 19.1 Å². The summed E-state index contributed by atoms with van der Waals surface area (Å²) in [4.78, 5) is 12.9. The maximum Gasteiger partial charge on any atom is 0.328 e. The molecule has 1 aromatic rings. The number of carbonyl (C=O) groups is 1. The molecular weight excluding hydrogens is 266 g/mol. The molecule has 0 radical (unpaired) electrons. The van der Waals surface area contributed by atoms with Crippen LogP contribution < -0.4 is 4.74 Å². The molecule has 1 fully saturated rings. The van der Waals surface area contributed by atoms with E-state index in [1.807, 2.05) is 24.3 Å². The number of hydrogen-bond acceptors (Lipinski definition) is 3. The largest absolute Gasteiger partial charge is 0.492 e. The predicted octanol–water partition coefficient (Wildman–Crippen LogP) is 2.90. The summed E-state index contributed by atoms with van der Waals surface area (Å²) in [5.41, 5.74) is 0.856. The molecule has 0 amide bonds. The lowest BCUT2D eigenvalue weighted by Crippen LogP contribution is -2.35. The smallest absolute Gasteiger partial charge is 0.328 e. The summed E-state index contributed by atoms with van der Waals surface area (Å²) in [7, 11) is 0. The number of carboxylic acids is 1. The van der Waals surface area contributed by atoms with E-state index in [1.165, 1.54) is 25.9 Å². The summed E-state index contributed by atoms with van der Waals surface area (Å²) in [6.45, 7) is 6.31. The van der Waals surface area contributed by atoms with Crippen LogP contribution in [-0.2, 0) is 4.79 Å². The highest BCUT2D eigenvalue weighted by atomic mass is 16.5. The average molecular weight is 289 g/mol. The van der Waals surface area contributed by atoms with Crippen LogP contribution in [0.4, 0.5) is 0 Å². The van der Waals surface area contributed by atoms with Crippen molar-refractivity contribution in [1.82, 2.24) is 4.90 Å². The zero-order chi connectivity index (χ0) is 15.1. The third-order valence-corrected chi connectivity index (χ3v) is 3.85. The van der Waals surface area contributed by atoms with Gasteiger partial charge in [-0.15, -0.1) is 0 Å². The average Bonchev–Trinajstić information content (AvgIpc) is 2.48. The first-order valence-electron chi connectivity index (χ1n) is 7.50. The molecule has 1 aliphatic heterocycles. The lowest BCUT2D eigenvalue weighted by Gasteiger charge is -2.29. The van der Waals surface area contributed by atoms with Gasteiger partial charge in [-0.3, -0.25) is 4.90 Å². The van der Waals surface area contributed by atoms with E-state index in [2.05, 4.69) is 11.8 Å². The Morgan fingerprint density at radius 3 is 2.62 bits per heavy atom. The summed E-state index contributed by atoms with van der Waals surface area (Å²) >= 11 is 0. The fourth-order valence-corrected chi connectivity index (χ4v) is 2.42. The van der Waals surface area contributed by atoms with Crippen molar-refractivity contribution in [1.29, 1.82) is 0 Å². The van der Waals surface area contributed by atoms with E-state index >= 15 is 0 Å². The van der Waals surface area contributed by atoms with Crippen molar-refractivity contribution in [3.8, 4) is 5.75 Å². The molecule has 1 saturated heterocycles. The van der Waals surface area contributed by atoms with Gasteiger partial charge in [-0.2, -0.15) is 0 Å². The summed E-state index contributed by atoms with van der Waals surface area (Å²) in [5, 5.41) is 8.57. The zero-order valence-corrected chi connectivity index (χ0v) is 12.5. The maximum absolute atomic E-state index is 10.4. The Balaban J connectivity index is 1.72. The van der Waals surface area contributed by atoms with E-state index in [1.54, 1.807) is 6.08 Å². The number of likely N-dealkylation sites (tertiary alicyclic amines) is 1. The summed E-state index contributed by atoms with van der Waals surface area (Å²) in [5.74, 6) is 0.743. The van der Waals surface area contributed by atoms with Crippen LogP contribution in [0.1, 0.15) is 25.3 Å². The SMILES string of the molecule is CC1CCN(CCOc2ccc(C=CC(=O)O)cc2)CC1. The Morgan fingerprint density at radius 2 is 2.00 bits per heavy atom. The van der Waals surface area contributed by atoms with E-state index in [9.17, 15) is 4.79 Å². The molecule has 0 unspecified atom stereocenters. The minimum Gasteiger partial charge on any atom is -0.492 e. The maximum atomic E-state index is 10.4. The molecule has 2 rings (SSSR count). The van der Waals surface area contributed by atoms with Crippen LogP contribution in [0.15, 0.2) is 30.3 Å². The Kier molecular flexibility index (Phi) is 5.81. The number of ether oxygens (including phenoxy) is 1. The van der Waals surface area contributed by atoms with E-state index in [0.717, 1.165) is 29.9 Å². The third-order valence-electron chi connectivity index (χ3n) is 3.85. The van der Waals surface area contributed by atoms with Gasteiger partial charge in [0.2, 0.25) is 0 Å². The molecule has 0 bridgehead atoms. The first-order chi connectivity index (χ1) is 10.1. The minimum atomic E-state index is -0.939. The quantitative estimate of drug-likeness (QED) is 0.818. The second-order valence-electron chi connectivity index (χ2n) is 5.61. The van der Waals surface area contributed by atoms with E-state index in [-0.39, 0.29) is 0 Å². The van der Waals surface area contributed by atoms with Crippen molar-refractivity contribution >= 4 is 12.0 Å². The molecule has 0 aliphatic carbocycles. The lowest BCUT2D eigenvalue weighted by molar-refractivity contribution is -0.131. The van der Waals surface area contributed by atoms with Gasteiger partial charge in [0.15, 0.2) is 0 Å². The molecular formula is C17H23NO3. The van der Waals surface area contributed by atoms with Crippen molar-refractivity contribution in [2.75, 3.05) is 26.2 Å². The highest BCUT2D eigenvalue weighted by molar-refractivity contribution is 5.85. The normalized spacial score (nSPS) is 17.2. The van der Waals surface area contributed by atoms with Crippen LogP contribution in [0.3, 0.4) is 0 Å². The standard InChI is InChI=1S/C17H23NO3/c1-14-8-10-18(11-9-14)12-13-21-16-5-2-15(3-6-16)4-7-17(19)20/h2-7,14H,8-13H2,1H3,(H,19,20). The number of carboxylic acid groups (broad SMARTS) is 1. The number of rotatable bonds is 6. The minimum absolute atomic E-state index is 0.693. The van der Waals surface area contributed by atoms with Crippen LogP contribution in [0.25, 0.3) is 6.08 Å². The van der Waals surface area contributed by atoms with Gasteiger partial charge >= 0.3 is 5.97 Å². The zero-order valence-electron chi connectivity index (χ0n) is 12.5. The van der Waals surface area contributed by atoms with Gasteiger partial charge in [0.25, 0.3) is 0 Å². The first kappa shape index (κ1) is 15.6. The molecule has 1 aliphatic rings. The summed E-state index contributed by atoms with van der Waals surface area (Å²) in [6, 6.07) is 7.47. The topological polar surface area (TPSA) is 49.8 Å². The van der Waals surface area contributed by atoms with E-state index in [0.29, 0.717) is 6.61 Å².